The zero-order valence-electron chi connectivity index (χ0n) is 11.1. The molecule has 1 aromatic heterocycles. The Labute approximate surface area is 126 Å². The van der Waals surface area contributed by atoms with Crippen molar-refractivity contribution in [3.63, 3.8) is 0 Å². The molecule has 3 nitrogen and oxygen atoms in total. The Morgan fingerprint density at radius 3 is 2.80 bits per heavy atom. The predicted molar refractivity (Wildman–Crippen MR) is 80.6 cm³/mol. The lowest BCUT2D eigenvalue weighted by molar-refractivity contribution is 0.0913. The molecule has 2 aromatic rings. The molecule has 1 fully saturated rings. The van der Waals surface area contributed by atoms with Gasteiger partial charge >= 0.3 is 0 Å². The van der Waals surface area contributed by atoms with Gasteiger partial charge in [-0.15, -0.1) is 0 Å². The number of furan rings is 1. The first-order valence-electron chi connectivity index (χ1n) is 6.77. The number of nitrogens with zero attached hydrogens (tertiary/aromatic N) is 1. The number of hydrogen-bond acceptors (Lipinski definition) is 3. The van der Waals surface area contributed by atoms with Crippen LogP contribution in [0, 0.1) is 0 Å². The van der Waals surface area contributed by atoms with E-state index in [1.165, 1.54) is 12.8 Å². The van der Waals surface area contributed by atoms with Gasteiger partial charge in [-0.1, -0.05) is 28.1 Å². The topological polar surface area (TPSA) is 33.5 Å². The van der Waals surface area contributed by atoms with E-state index in [0.717, 1.165) is 15.8 Å². The van der Waals surface area contributed by atoms with E-state index in [2.05, 4.69) is 20.8 Å². The second-order valence-electron chi connectivity index (χ2n) is 5.15. The molecule has 0 unspecified atom stereocenters. The Kier molecular flexibility index (Phi) is 4.03. The number of carbonyl (C=O) groups excluding carboxylic acids is 1. The monoisotopic (exact) mass is 333 g/mol. The largest absolute Gasteiger partial charge is 0.468 e. The van der Waals surface area contributed by atoms with E-state index in [1.54, 1.807) is 6.26 Å². The summed E-state index contributed by atoms with van der Waals surface area (Å²) in [6.45, 7) is 1.15. The van der Waals surface area contributed by atoms with Gasteiger partial charge in [-0.05, 0) is 37.1 Å². The van der Waals surface area contributed by atoms with Crippen LogP contribution in [-0.2, 0) is 6.54 Å². The fourth-order valence-corrected chi connectivity index (χ4v) is 2.69. The number of ketones is 1. The Morgan fingerprint density at radius 2 is 2.15 bits per heavy atom. The molecular formula is C16H16BrNO2. The highest BCUT2D eigenvalue weighted by molar-refractivity contribution is 9.10. The van der Waals surface area contributed by atoms with E-state index in [9.17, 15) is 4.79 Å². The van der Waals surface area contributed by atoms with Gasteiger partial charge in [0.25, 0.3) is 0 Å². The lowest BCUT2D eigenvalue weighted by Crippen LogP contribution is -2.31. The molecule has 1 aliphatic carbocycles. The quantitative estimate of drug-likeness (QED) is 0.752. The summed E-state index contributed by atoms with van der Waals surface area (Å²) < 4.78 is 6.33. The van der Waals surface area contributed by atoms with Crippen molar-refractivity contribution >= 4 is 21.7 Å². The van der Waals surface area contributed by atoms with Crippen LogP contribution >= 0.6 is 15.9 Å². The first kappa shape index (κ1) is 13.6. The van der Waals surface area contributed by atoms with Crippen molar-refractivity contribution in [1.29, 1.82) is 0 Å². The molecule has 0 saturated heterocycles. The van der Waals surface area contributed by atoms with Crippen LogP contribution in [0.1, 0.15) is 29.0 Å². The minimum atomic E-state index is 0.157. The van der Waals surface area contributed by atoms with Crippen LogP contribution in [0.4, 0.5) is 0 Å². The van der Waals surface area contributed by atoms with Gasteiger partial charge in [-0.25, -0.2) is 0 Å². The molecule has 104 valence electrons. The number of rotatable bonds is 6. The molecular weight excluding hydrogens is 318 g/mol. The third kappa shape index (κ3) is 3.38. The molecule has 0 N–H and O–H groups in total. The molecule has 0 amide bonds. The van der Waals surface area contributed by atoms with Gasteiger partial charge in [0.2, 0.25) is 0 Å². The second kappa shape index (κ2) is 5.94. The molecule has 1 aromatic carbocycles. The fourth-order valence-electron chi connectivity index (χ4n) is 2.29. The van der Waals surface area contributed by atoms with Gasteiger partial charge in [0, 0.05) is 16.1 Å². The Hall–Kier alpha value is -1.39. The average molecular weight is 334 g/mol. The summed E-state index contributed by atoms with van der Waals surface area (Å²) in [7, 11) is 0. The van der Waals surface area contributed by atoms with Crippen molar-refractivity contribution in [3.05, 3.63) is 58.5 Å². The van der Waals surface area contributed by atoms with E-state index >= 15 is 0 Å². The average Bonchev–Trinajstić information content (AvgIpc) is 3.16. The summed E-state index contributed by atoms with van der Waals surface area (Å²) in [5.74, 6) is 1.07. The molecule has 0 spiro atoms. The number of carbonyl (C=O) groups is 1. The SMILES string of the molecule is O=C(CN(Cc1ccco1)C1CC1)c1cccc(Br)c1. The van der Waals surface area contributed by atoms with Crippen molar-refractivity contribution in [3.8, 4) is 0 Å². The zero-order valence-corrected chi connectivity index (χ0v) is 12.7. The van der Waals surface area contributed by atoms with Crippen LogP contribution in [-0.4, -0.2) is 23.3 Å². The van der Waals surface area contributed by atoms with E-state index in [-0.39, 0.29) is 5.78 Å². The summed E-state index contributed by atoms with van der Waals surface area (Å²) in [5, 5.41) is 0. The highest BCUT2D eigenvalue weighted by atomic mass is 79.9. The minimum Gasteiger partial charge on any atom is -0.468 e. The summed E-state index contributed by atoms with van der Waals surface area (Å²) in [6, 6.07) is 11.9. The molecule has 1 aliphatic rings. The van der Waals surface area contributed by atoms with Crippen LogP contribution in [0.15, 0.2) is 51.6 Å². The van der Waals surface area contributed by atoms with Crippen molar-refractivity contribution in [2.75, 3.05) is 6.54 Å². The number of benzene rings is 1. The summed E-state index contributed by atoms with van der Waals surface area (Å²) in [6.07, 6.45) is 4.02. The Balaban J connectivity index is 1.68. The fraction of sp³-hybridized carbons (Fsp3) is 0.312. The maximum Gasteiger partial charge on any atom is 0.176 e. The van der Waals surface area contributed by atoms with E-state index < -0.39 is 0 Å². The Bertz CT molecular complexity index is 590. The van der Waals surface area contributed by atoms with Gasteiger partial charge in [0.15, 0.2) is 5.78 Å². The van der Waals surface area contributed by atoms with E-state index in [1.807, 2.05) is 36.4 Å². The van der Waals surface area contributed by atoms with Gasteiger partial charge in [0.1, 0.15) is 5.76 Å². The van der Waals surface area contributed by atoms with E-state index in [0.29, 0.717) is 19.1 Å². The third-order valence-electron chi connectivity index (χ3n) is 3.50. The van der Waals surface area contributed by atoms with Crippen LogP contribution in [0.5, 0.6) is 0 Å². The van der Waals surface area contributed by atoms with Crippen molar-refractivity contribution < 1.29 is 9.21 Å². The summed E-state index contributed by atoms with van der Waals surface area (Å²) in [5.41, 5.74) is 0.754. The maximum absolute atomic E-state index is 12.4. The minimum absolute atomic E-state index is 0.157. The van der Waals surface area contributed by atoms with Gasteiger partial charge < -0.3 is 4.42 Å². The van der Waals surface area contributed by atoms with Crippen molar-refractivity contribution in [2.45, 2.75) is 25.4 Å². The molecule has 0 aliphatic heterocycles. The van der Waals surface area contributed by atoms with Gasteiger partial charge in [-0.3, -0.25) is 9.69 Å². The Morgan fingerprint density at radius 1 is 1.30 bits per heavy atom. The van der Waals surface area contributed by atoms with E-state index in [4.69, 9.17) is 4.42 Å². The summed E-state index contributed by atoms with van der Waals surface area (Å²) >= 11 is 3.41. The predicted octanol–water partition coefficient (Wildman–Crippen LogP) is 3.89. The van der Waals surface area contributed by atoms with Gasteiger partial charge in [0.05, 0.1) is 19.4 Å². The first-order valence-corrected chi connectivity index (χ1v) is 7.57. The van der Waals surface area contributed by atoms with Crippen LogP contribution in [0.2, 0.25) is 0 Å². The molecule has 0 radical (unpaired) electrons. The second-order valence-corrected chi connectivity index (χ2v) is 6.06. The molecule has 0 bridgehead atoms. The molecule has 4 heteroatoms. The highest BCUT2D eigenvalue weighted by Crippen LogP contribution is 2.28. The zero-order chi connectivity index (χ0) is 13.9. The number of hydrogen-bond donors (Lipinski definition) is 0. The lowest BCUT2D eigenvalue weighted by atomic mass is 10.1. The van der Waals surface area contributed by atoms with Crippen molar-refractivity contribution in [2.24, 2.45) is 0 Å². The number of Topliss-reactive ketones (excluding diaryl/α,β-unsaturated/α-hetero) is 1. The number of halogens is 1. The first-order chi connectivity index (χ1) is 9.72. The van der Waals surface area contributed by atoms with Crippen LogP contribution in [0.25, 0.3) is 0 Å². The lowest BCUT2D eigenvalue weighted by Gasteiger charge is -2.19. The van der Waals surface area contributed by atoms with Gasteiger partial charge in [-0.2, -0.15) is 0 Å². The standard InChI is InChI=1S/C16H16BrNO2/c17-13-4-1-3-12(9-13)16(19)11-18(14-6-7-14)10-15-5-2-8-20-15/h1-5,8-9,14H,6-7,10-11H2. The normalized spacial score (nSPS) is 14.7. The van der Waals surface area contributed by atoms with Crippen molar-refractivity contribution in [1.82, 2.24) is 4.90 Å². The highest BCUT2D eigenvalue weighted by Gasteiger charge is 2.31. The third-order valence-corrected chi connectivity index (χ3v) is 3.99. The smallest absolute Gasteiger partial charge is 0.176 e. The summed E-state index contributed by atoms with van der Waals surface area (Å²) in [4.78, 5) is 14.6. The molecule has 1 heterocycles. The molecule has 1 saturated carbocycles. The maximum atomic E-state index is 12.4. The molecule has 20 heavy (non-hydrogen) atoms. The van der Waals surface area contributed by atoms with Crippen LogP contribution < -0.4 is 0 Å². The molecule has 0 atom stereocenters. The molecule has 3 rings (SSSR count). The van der Waals surface area contributed by atoms with Crippen LogP contribution in [0.3, 0.4) is 0 Å².